The number of Topliss-reactive ketones (excluding diaryl/α,β-unsaturated/α-hetero) is 1. The fourth-order valence-corrected chi connectivity index (χ4v) is 4.75. The number of phenols is 1. The van der Waals surface area contributed by atoms with Crippen molar-refractivity contribution in [3.05, 3.63) is 70.1 Å². The van der Waals surface area contributed by atoms with Crippen molar-refractivity contribution >= 4 is 39.1 Å². The number of phenolic OH excluding ortho intramolecular Hbond substituents is 1. The number of carbonyl (C=O) groups is 2. The van der Waals surface area contributed by atoms with Crippen LogP contribution in [0.3, 0.4) is 0 Å². The molecule has 2 aromatic heterocycles. The minimum absolute atomic E-state index is 0.0788. The van der Waals surface area contributed by atoms with Gasteiger partial charge in [-0.15, -0.1) is 10.2 Å². The monoisotopic (exact) mass is 493 g/mol. The van der Waals surface area contributed by atoms with E-state index in [-0.39, 0.29) is 28.0 Å². The van der Waals surface area contributed by atoms with Crippen LogP contribution in [0.25, 0.3) is 11.0 Å². The molecule has 5 rings (SSSR count). The average Bonchev–Trinajstić information content (AvgIpc) is 3.55. The van der Waals surface area contributed by atoms with Crippen LogP contribution in [-0.4, -0.2) is 46.3 Å². The Morgan fingerprint density at radius 1 is 1.09 bits per heavy atom. The number of aryl methyl sites for hydroxylation is 1. The fraction of sp³-hybridized carbons (Fsp3) is 0.167. The third-order valence-corrected chi connectivity index (χ3v) is 6.48. The van der Waals surface area contributed by atoms with Crippen molar-refractivity contribution in [2.75, 3.05) is 19.1 Å². The van der Waals surface area contributed by atoms with Gasteiger partial charge in [0.2, 0.25) is 10.9 Å². The molecular formula is C24H19N3O7S. The van der Waals surface area contributed by atoms with Gasteiger partial charge in [0.1, 0.15) is 5.01 Å². The molecule has 11 heteroatoms. The highest BCUT2D eigenvalue weighted by Crippen LogP contribution is 2.45. The molecule has 1 aliphatic heterocycles. The Hall–Kier alpha value is -4.38. The molecule has 35 heavy (non-hydrogen) atoms. The number of hydrogen-bond donors (Lipinski definition) is 2. The normalized spacial score (nSPS) is 15.8. The van der Waals surface area contributed by atoms with Gasteiger partial charge >= 0.3 is 0 Å². The van der Waals surface area contributed by atoms with Crippen LogP contribution in [0.4, 0.5) is 5.13 Å². The minimum atomic E-state index is -1.08. The van der Waals surface area contributed by atoms with Gasteiger partial charge in [-0.05, 0) is 36.8 Å². The second-order valence-corrected chi connectivity index (χ2v) is 8.85. The van der Waals surface area contributed by atoms with E-state index in [0.717, 1.165) is 11.3 Å². The summed E-state index contributed by atoms with van der Waals surface area (Å²) in [7, 11) is 2.87. The predicted molar refractivity (Wildman–Crippen MR) is 126 cm³/mol. The highest BCUT2D eigenvalue weighted by molar-refractivity contribution is 7.15. The molecule has 1 atom stereocenters. The maximum atomic E-state index is 13.7. The molecule has 4 aromatic rings. The Morgan fingerprint density at radius 3 is 2.54 bits per heavy atom. The van der Waals surface area contributed by atoms with Crippen LogP contribution < -0.4 is 14.4 Å². The van der Waals surface area contributed by atoms with E-state index in [4.69, 9.17) is 13.9 Å². The number of amides is 1. The smallest absolute Gasteiger partial charge is 0.296 e. The van der Waals surface area contributed by atoms with E-state index in [9.17, 15) is 19.8 Å². The van der Waals surface area contributed by atoms with Crippen LogP contribution in [0.15, 0.2) is 58.2 Å². The molecule has 1 amide bonds. The molecule has 0 aliphatic carbocycles. The van der Waals surface area contributed by atoms with Crippen LogP contribution in [0, 0.1) is 6.92 Å². The molecule has 0 fully saturated rings. The van der Waals surface area contributed by atoms with Crippen molar-refractivity contribution in [3.8, 4) is 17.2 Å². The van der Waals surface area contributed by atoms with E-state index in [2.05, 4.69) is 10.2 Å². The lowest BCUT2D eigenvalue weighted by molar-refractivity contribution is -0.117. The summed E-state index contributed by atoms with van der Waals surface area (Å²) >= 11 is 1.13. The van der Waals surface area contributed by atoms with Gasteiger partial charge in [-0.3, -0.25) is 14.5 Å². The van der Waals surface area contributed by atoms with Gasteiger partial charge in [0.15, 0.2) is 34.4 Å². The van der Waals surface area contributed by atoms with Crippen molar-refractivity contribution in [2.24, 2.45) is 0 Å². The number of benzene rings is 2. The predicted octanol–water partition coefficient (Wildman–Crippen LogP) is 4.10. The topological polar surface area (TPSA) is 135 Å². The van der Waals surface area contributed by atoms with Crippen molar-refractivity contribution in [3.63, 3.8) is 0 Å². The summed E-state index contributed by atoms with van der Waals surface area (Å²) in [5.41, 5.74) is 0.567. The minimum Gasteiger partial charge on any atom is -0.504 e. The van der Waals surface area contributed by atoms with Gasteiger partial charge in [0.25, 0.3) is 5.91 Å². The standard InChI is InChI=1S/C24H19N3O7S/c1-11-25-26-24(35-11)27-19(12-7-8-14(28)16(9-12)33-3)18(21(30)23(27)31)20(29)17-10-13-5-4-6-15(32-2)22(13)34-17/h4-10,19,28,30H,1-3H3. The fourth-order valence-electron chi connectivity index (χ4n) is 4.04. The summed E-state index contributed by atoms with van der Waals surface area (Å²) in [5.74, 6) is -1.85. The summed E-state index contributed by atoms with van der Waals surface area (Å²) in [6, 6.07) is 10.1. The van der Waals surface area contributed by atoms with Crippen LogP contribution in [-0.2, 0) is 4.79 Å². The van der Waals surface area contributed by atoms with Gasteiger partial charge in [-0.1, -0.05) is 29.5 Å². The number of para-hydroxylation sites is 1. The Kier molecular flexibility index (Phi) is 5.40. The Morgan fingerprint density at radius 2 is 1.86 bits per heavy atom. The number of aliphatic hydroxyl groups is 1. The maximum Gasteiger partial charge on any atom is 0.296 e. The number of fused-ring (bicyclic) bond motifs is 1. The van der Waals surface area contributed by atoms with Crippen molar-refractivity contribution in [1.29, 1.82) is 0 Å². The third kappa shape index (κ3) is 3.56. The molecule has 0 spiro atoms. The number of aromatic nitrogens is 2. The average molecular weight is 493 g/mol. The first kappa shape index (κ1) is 22.4. The lowest BCUT2D eigenvalue weighted by atomic mass is 9.95. The van der Waals surface area contributed by atoms with E-state index in [0.29, 0.717) is 27.3 Å². The van der Waals surface area contributed by atoms with Gasteiger partial charge in [-0.2, -0.15) is 0 Å². The highest BCUT2D eigenvalue weighted by atomic mass is 32.1. The van der Waals surface area contributed by atoms with Gasteiger partial charge in [0, 0.05) is 5.39 Å². The number of ketones is 1. The van der Waals surface area contributed by atoms with Crippen LogP contribution in [0.5, 0.6) is 17.2 Å². The highest BCUT2D eigenvalue weighted by Gasteiger charge is 2.47. The summed E-state index contributed by atoms with van der Waals surface area (Å²) < 4.78 is 16.3. The quantitative estimate of drug-likeness (QED) is 0.381. The molecule has 0 saturated heterocycles. The van der Waals surface area contributed by atoms with E-state index in [1.165, 1.54) is 43.4 Å². The molecular weight excluding hydrogens is 474 g/mol. The molecule has 0 saturated carbocycles. The second-order valence-electron chi connectivity index (χ2n) is 7.69. The first-order valence-corrected chi connectivity index (χ1v) is 11.2. The molecule has 1 aliphatic rings. The molecule has 178 valence electrons. The largest absolute Gasteiger partial charge is 0.504 e. The van der Waals surface area contributed by atoms with Crippen LogP contribution in [0.1, 0.15) is 27.2 Å². The number of ether oxygens (including phenoxy) is 2. The maximum absolute atomic E-state index is 13.7. The molecule has 1 unspecified atom stereocenters. The van der Waals surface area contributed by atoms with Crippen molar-refractivity contribution in [1.82, 2.24) is 10.2 Å². The Balaban J connectivity index is 1.68. The molecule has 0 radical (unpaired) electrons. The molecule has 2 aromatic carbocycles. The number of nitrogens with zero attached hydrogens (tertiary/aromatic N) is 3. The van der Waals surface area contributed by atoms with E-state index < -0.39 is 23.5 Å². The van der Waals surface area contributed by atoms with Crippen LogP contribution in [0.2, 0.25) is 0 Å². The third-order valence-electron chi connectivity index (χ3n) is 5.65. The number of rotatable bonds is 6. The van der Waals surface area contributed by atoms with Crippen molar-refractivity contribution in [2.45, 2.75) is 13.0 Å². The number of aromatic hydroxyl groups is 1. The SMILES string of the molecule is COc1cc(C2C(C(=O)c3cc4cccc(OC)c4o3)=C(O)C(=O)N2c2nnc(C)s2)ccc1O. The number of methoxy groups -OCH3 is 2. The Labute approximate surface area is 202 Å². The summed E-state index contributed by atoms with van der Waals surface area (Å²) in [5, 5.41) is 30.4. The Bertz CT molecular complexity index is 1520. The lowest BCUT2D eigenvalue weighted by Gasteiger charge is -2.24. The second kappa shape index (κ2) is 8.44. The van der Waals surface area contributed by atoms with E-state index in [1.807, 2.05) is 0 Å². The van der Waals surface area contributed by atoms with Crippen LogP contribution >= 0.6 is 11.3 Å². The zero-order valence-electron chi connectivity index (χ0n) is 18.8. The summed E-state index contributed by atoms with van der Waals surface area (Å²) in [6.07, 6.45) is 0. The molecule has 2 N–H and O–H groups in total. The first-order valence-electron chi connectivity index (χ1n) is 10.4. The zero-order chi connectivity index (χ0) is 24.9. The number of hydrogen-bond acceptors (Lipinski definition) is 10. The van der Waals surface area contributed by atoms with E-state index >= 15 is 0 Å². The van der Waals surface area contributed by atoms with E-state index in [1.54, 1.807) is 25.1 Å². The first-order chi connectivity index (χ1) is 16.8. The molecule has 3 heterocycles. The zero-order valence-corrected chi connectivity index (χ0v) is 19.6. The lowest BCUT2D eigenvalue weighted by Crippen LogP contribution is -2.31. The summed E-state index contributed by atoms with van der Waals surface area (Å²) in [4.78, 5) is 28.1. The summed E-state index contributed by atoms with van der Waals surface area (Å²) in [6.45, 7) is 1.72. The van der Waals surface area contributed by atoms with Gasteiger partial charge in [-0.25, -0.2) is 0 Å². The number of anilines is 1. The van der Waals surface area contributed by atoms with Gasteiger partial charge in [0.05, 0.1) is 25.8 Å². The van der Waals surface area contributed by atoms with Gasteiger partial charge < -0.3 is 24.1 Å². The number of carbonyl (C=O) groups excluding carboxylic acids is 2. The number of aliphatic hydroxyl groups excluding tert-OH is 1. The molecule has 10 nitrogen and oxygen atoms in total. The molecule has 0 bridgehead atoms. The van der Waals surface area contributed by atoms with Crippen molar-refractivity contribution < 1.29 is 33.7 Å². The number of furan rings is 1.